The van der Waals surface area contributed by atoms with Crippen molar-refractivity contribution in [2.45, 2.75) is 66.0 Å². The number of nitrogens with one attached hydrogen (secondary N) is 1. The first-order valence-corrected chi connectivity index (χ1v) is 8.97. The van der Waals surface area contributed by atoms with Gasteiger partial charge in [0.15, 0.2) is 0 Å². The Morgan fingerprint density at radius 2 is 2.04 bits per heavy atom. The zero-order valence-electron chi connectivity index (χ0n) is 16.0. The fourth-order valence-electron chi connectivity index (χ4n) is 3.16. The van der Waals surface area contributed by atoms with Gasteiger partial charge < -0.3 is 15.0 Å². The molecule has 1 amide bonds. The van der Waals surface area contributed by atoms with Gasteiger partial charge >= 0.3 is 6.09 Å². The highest BCUT2D eigenvalue weighted by Crippen LogP contribution is 2.25. The third-order valence-electron chi connectivity index (χ3n) is 4.59. The van der Waals surface area contributed by atoms with Gasteiger partial charge in [0.2, 0.25) is 0 Å². The minimum absolute atomic E-state index is 0.189. The number of benzene rings is 1. The first kappa shape index (κ1) is 18.6. The maximum atomic E-state index is 12.3. The summed E-state index contributed by atoms with van der Waals surface area (Å²) in [5.74, 6) is 0.436. The molecular formula is C20H32N2O2. The van der Waals surface area contributed by atoms with E-state index in [9.17, 15) is 4.79 Å². The number of piperidine rings is 1. The number of aryl methyl sites for hydroxylation is 2. The molecule has 0 bridgehead atoms. The molecule has 4 nitrogen and oxygen atoms in total. The van der Waals surface area contributed by atoms with Crippen LogP contribution >= 0.6 is 0 Å². The molecule has 1 fully saturated rings. The number of likely N-dealkylation sites (tertiary alicyclic amines) is 1. The first-order chi connectivity index (χ1) is 11.2. The molecule has 1 heterocycles. The van der Waals surface area contributed by atoms with Crippen LogP contribution in [0, 0.1) is 19.8 Å². The minimum atomic E-state index is -0.438. The van der Waals surface area contributed by atoms with E-state index in [1.807, 2.05) is 25.7 Å². The Balaban J connectivity index is 1.98. The molecule has 1 aliphatic heterocycles. The highest BCUT2D eigenvalue weighted by molar-refractivity contribution is 5.68. The van der Waals surface area contributed by atoms with Gasteiger partial charge in [-0.1, -0.05) is 12.1 Å². The maximum Gasteiger partial charge on any atom is 0.410 e. The average Bonchev–Trinajstić information content (AvgIpc) is 2.49. The van der Waals surface area contributed by atoms with Crippen molar-refractivity contribution in [3.63, 3.8) is 0 Å². The van der Waals surface area contributed by atoms with Crippen LogP contribution in [-0.2, 0) is 4.74 Å². The van der Waals surface area contributed by atoms with Crippen LogP contribution in [0.5, 0.6) is 0 Å². The number of rotatable bonds is 3. The van der Waals surface area contributed by atoms with E-state index in [2.05, 4.69) is 44.3 Å². The molecule has 4 heteroatoms. The number of carbonyl (C=O) groups excluding carboxylic acids is 1. The van der Waals surface area contributed by atoms with Crippen molar-refractivity contribution in [2.24, 2.45) is 5.92 Å². The lowest BCUT2D eigenvalue weighted by Crippen LogP contribution is -2.46. The molecule has 1 N–H and O–H groups in total. The predicted octanol–water partition coefficient (Wildman–Crippen LogP) is 4.75. The second-order valence-electron chi connectivity index (χ2n) is 8.08. The third-order valence-corrected chi connectivity index (χ3v) is 4.59. The van der Waals surface area contributed by atoms with Gasteiger partial charge in [0, 0.05) is 24.8 Å². The molecule has 2 unspecified atom stereocenters. The summed E-state index contributed by atoms with van der Waals surface area (Å²) in [5.41, 5.74) is 3.27. The fraction of sp³-hybridized carbons (Fsp3) is 0.650. The number of carbonyl (C=O) groups is 1. The van der Waals surface area contributed by atoms with Crippen molar-refractivity contribution in [1.29, 1.82) is 0 Å². The summed E-state index contributed by atoms with van der Waals surface area (Å²) in [5, 5.41) is 3.65. The molecule has 0 radical (unpaired) electrons. The Bertz CT molecular complexity index is 577. The summed E-state index contributed by atoms with van der Waals surface area (Å²) in [6.45, 7) is 13.7. The Kier molecular flexibility index (Phi) is 5.79. The number of ether oxygens (including phenoxy) is 1. The van der Waals surface area contributed by atoms with Crippen LogP contribution in [-0.4, -0.2) is 35.7 Å². The third kappa shape index (κ3) is 5.15. The summed E-state index contributed by atoms with van der Waals surface area (Å²) < 4.78 is 5.52. The zero-order valence-corrected chi connectivity index (χ0v) is 16.0. The summed E-state index contributed by atoms with van der Waals surface area (Å²) in [6, 6.07) is 6.80. The van der Waals surface area contributed by atoms with E-state index >= 15 is 0 Å². The van der Waals surface area contributed by atoms with Crippen molar-refractivity contribution >= 4 is 11.8 Å². The van der Waals surface area contributed by atoms with Crippen LogP contribution in [0.2, 0.25) is 0 Å². The first-order valence-electron chi connectivity index (χ1n) is 8.97. The molecule has 1 aliphatic rings. The number of nitrogens with zero attached hydrogens (tertiary/aromatic N) is 1. The second-order valence-corrected chi connectivity index (χ2v) is 8.08. The molecule has 0 aromatic heterocycles. The number of amides is 1. The lowest BCUT2D eigenvalue weighted by Gasteiger charge is -2.37. The van der Waals surface area contributed by atoms with Crippen LogP contribution in [0.25, 0.3) is 0 Å². The quantitative estimate of drug-likeness (QED) is 0.868. The minimum Gasteiger partial charge on any atom is -0.444 e. The molecule has 1 aromatic rings. The van der Waals surface area contributed by atoms with Crippen molar-refractivity contribution < 1.29 is 9.53 Å². The van der Waals surface area contributed by atoms with Crippen LogP contribution in [0.4, 0.5) is 10.5 Å². The molecule has 0 spiro atoms. The molecule has 2 rings (SSSR count). The molecule has 1 aromatic carbocycles. The van der Waals surface area contributed by atoms with E-state index in [0.717, 1.165) is 25.9 Å². The van der Waals surface area contributed by atoms with E-state index in [1.54, 1.807) is 0 Å². The van der Waals surface area contributed by atoms with Gasteiger partial charge in [0.25, 0.3) is 0 Å². The van der Waals surface area contributed by atoms with E-state index in [-0.39, 0.29) is 6.09 Å². The maximum absolute atomic E-state index is 12.3. The average molecular weight is 332 g/mol. The largest absolute Gasteiger partial charge is 0.444 e. The molecule has 1 saturated heterocycles. The van der Waals surface area contributed by atoms with E-state index < -0.39 is 5.60 Å². The fourth-order valence-corrected chi connectivity index (χ4v) is 3.16. The van der Waals surface area contributed by atoms with Gasteiger partial charge in [-0.3, -0.25) is 0 Å². The highest BCUT2D eigenvalue weighted by atomic mass is 16.6. The summed E-state index contributed by atoms with van der Waals surface area (Å²) >= 11 is 0. The Labute approximate surface area is 146 Å². The summed E-state index contributed by atoms with van der Waals surface area (Å²) in [4.78, 5) is 14.2. The zero-order chi connectivity index (χ0) is 17.9. The van der Waals surface area contributed by atoms with E-state index in [1.165, 1.54) is 16.8 Å². The molecule has 0 saturated carbocycles. The van der Waals surface area contributed by atoms with Crippen LogP contribution in [0.1, 0.15) is 51.7 Å². The summed E-state index contributed by atoms with van der Waals surface area (Å²) in [6.07, 6.45) is 1.98. The Morgan fingerprint density at radius 1 is 1.33 bits per heavy atom. The van der Waals surface area contributed by atoms with E-state index in [4.69, 9.17) is 4.74 Å². The van der Waals surface area contributed by atoms with Crippen molar-refractivity contribution in [3.8, 4) is 0 Å². The monoisotopic (exact) mass is 332 g/mol. The van der Waals surface area contributed by atoms with Gasteiger partial charge in [0.1, 0.15) is 5.60 Å². The Morgan fingerprint density at radius 3 is 2.71 bits per heavy atom. The highest BCUT2D eigenvalue weighted by Gasteiger charge is 2.30. The molecule has 24 heavy (non-hydrogen) atoms. The number of hydrogen-bond acceptors (Lipinski definition) is 3. The predicted molar refractivity (Wildman–Crippen MR) is 99.5 cm³/mol. The lowest BCUT2D eigenvalue weighted by molar-refractivity contribution is 0.0159. The molecular weight excluding hydrogens is 300 g/mol. The van der Waals surface area contributed by atoms with Gasteiger partial charge in [-0.2, -0.15) is 0 Å². The topological polar surface area (TPSA) is 41.6 Å². The number of anilines is 1. The molecule has 134 valence electrons. The summed E-state index contributed by atoms with van der Waals surface area (Å²) in [7, 11) is 0. The molecule has 2 atom stereocenters. The number of hydrogen-bond donors (Lipinski definition) is 1. The standard InChI is InChI=1S/C20H32N2O2/c1-14-9-10-15(2)18(12-14)21-16(3)17-8-7-11-22(13-17)19(23)24-20(4,5)6/h9-10,12,16-17,21H,7-8,11,13H2,1-6H3. The second kappa shape index (κ2) is 7.45. The SMILES string of the molecule is Cc1ccc(C)c(NC(C)C2CCCN(C(=O)OC(C)(C)C)C2)c1. The van der Waals surface area contributed by atoms with Gasteiger partial charge in [-0.25, -0.2) is 4.79 Å². The van der Waals surface area contributed by atoms with Crippen molar-refractivity contribution in [2.75, 3.05) is 18.4 Å². The van der Waals surface area contributed by atoms with Crippen molar-refractivity contribution in [1.82, 2.24) is 4.90 Å². The lowest BCUT2D eigenvalue weighted by atomic mass is 9.91. The van der Waals surface area contributed by atoms with Gasteiger partial charge in [0.05, 0.1) is 0 Å². The van der Waals surface area contributed by atoms with E-state index in [0.29, 0.717) is 12.0 Å². The van der Waals surface area contributed by atoms with Crippen LogP contribution in [0.15, 0.2) is 18.2 Å². The van der Waals surface area contributed by atoms with Crippen molar-refractivity contribution in [3.05, 3.63) is 29.3 Å². The van der Waals surface area contributed by atoms with Gasteiger partial charge in [-0.15, -0.1) is 0 Å². The normalized spacial score (nSPS) is 19.8. The Hall–Kier alpha value is -1.71. The molecule has 0 aliphatic carbocycles. The van der Waals surface area contributed by atoms with Gasteiger partial charge in [-0.05, 0) is 77.5 Å². The van der Waals surface area contributed by atoms with Crippen LogP contribution < -0.4 is 5.32 Å². The van der Waals surface area contributed by atoms with Crippen LogP contribution in [0.3, 0.4) is 0 Å². The smallest absolute Gasteiger partial charge is 0.410 e.